The van der Waals surface area contributed by atoms with Gasteiger partial charge in [0, 0.05) is 54.3 Å². The van der Waals surface area contributed by atoms with Crippen molar-refractivity contribution >= 4 is 11.3 Å². The number of aryl methyl sites for hydroxylation is 1. The van der Waals surface area contributed by atoms with Crippen molar-refractivity contribution in [3.8, 4) is 0 Å². The van der Waals surface area contributed by atoms with E-state index in [1.807, 2.05) is 11.3 Å². The lowest BCUT2D eigenvalue weighted by molar-refractivity contribution is 0.244. The molecule has 3 nitrogen and oxygen atoms in total. The third-order valence-corrected chi connectivity index (χ3v) is 5.32. The van der Waals surface area contributed by atoms with Crippen LogP contribution in [0.2, 0.25) is 0 Å². The molecule has 1 saturated carbocycles. The van der Waals surface area contributed by atoms with Gasteiger partial charge in [0.25, 0.3) is 0 Å². The van der Waals surface area contributed by atoms with Crippen LogP contribution in [0.4, 0.5) is 0 Å². The monoisotopic (exact) mass is 285 g/mol. The zero-order valence-electron chi connectivity index (χ0n) is 11.8. The van der Waals surface area contributed by atoms with Gasteiger partial charge in [-0.05, 0) is 36.8 Å². The summed E-state index contributed by atoms with van der Waals surface area (Å²) >= 11 is 1.87. The van der Waals surface area contributed by atoms with Crippen LogP contribution in [-0.2, 0) is 19.5 Å². The number of aromatic nitrogens is 2. The van der Waals surface area contributed by atoms with E-state index in [1.165, 1.54) is 34.5 Å². The maximum atomic E-state index is 4.79. The van der Waals surface area contributed by atoms with Crippen LogP contribution < -0.4 is 0 Å². The van der Waals surface area contributed by atoms with Crippen molar-refractivity contribution in [2.45, 2.75) is 45.2 Å². The van der Waals surface area contributed by atoms with Gasteiger partial charge in [-0.25, -0.2) is 9.97 Å². The Morgan fingerprint density at radius 3 is 3.05 bits per heavy atom. The molecule has 0 aromatic carbocycles. The van der Waals surface area contributed by atoms with E-state index in [1.54, 1.807) is 0 Å². The molecule has 4 rings (SSSR count). The zero-order valence-corrected chi connectivity index (χ0v) is 12.6. The minimum atomic E-state index is 0.659. The van der Waals surface area contributed by atoms with Crippen LogP contribution >= 0.6 is 11.3 Å². The van der Waals surface area contributed by atoms with E-state index in [-0.39, 0.29) is 0 Å². The molecule has 1 fully saturated rings. The molecule has 4 heteroatoms. The molecule has 0 unspecified atom stereocenters. The van der Waals surface area contributed by atoms with Crippen molar-refractivity contribution in [1.29, 1.82) is 0 Å². The fourth-order valence-electron chi connectivity index (χ4n) is 2.83. The molecule has 0 spiro atoms. The van der Waals surface area contributed by atoms with Crippen LogP contribution in [0.5, 0.6) is 0 Å². The van der Waals surface area contributed by atoms with Crippen molar-refractivity contribution in [3.05, 3.63) is 45.2 Å². The summed E-state index contributed by atoms with van der Waals surface area (Å²) in [6.45, 7) is 5.38. The molecule has 3 heterocycles. The zero-order chi connectivity index (χ0) is 13.5. The molecule has 0 radical (unpaired) electrons. The molecular formula is C16H19N3S. The molecule has 104 valence electrons. The number of nitrogens with zero attached hydrogens (tertiary/aromatic N) is 3. The summed E-state index contributed by atoms with van der Waals surface area (Å²) < 4.78 is 0. The molecule has 1 aliphatic carbocycles. The molecule has 20 heavy (non-hydrogen) atoms. The Hall–Kier alpha value is -1.26. The largest absolute Gasteiger partial charge is 0.293 e. The summed E-state index contributed by atoms with van der Waals surface area (Å²) in [4.78, 5) is 13.4. The second-order valence-corrected chi connectivity index (χ2v) is 6.96. The highest BCUT2D eigenvalue weighted by Gasteiger charge is 2.28. The maximum absolute atomic E-state index is 4.79. The number of rotatable bonds is 3. The van der Waals surface area contributed by atoms with Gasteiger partial charge in [0.05, 0.1) is 0 Å². The van der Waals surface area contributed by atoms with E-state index in [0.29, 0.717) is 5.92 Å². The average Bonchev–Trinajstić information content (AvgIpc) is 3.24. The van der Waals surface area contributed by atoms with Gasteiger partial charge in [0.15, 0.2) is 0 Å². The van der Waals surface area contributed by atoms with E-state index >= 15 is 0 Å². The van der Waals surface area contributed by atoms with Crippen LogP contribution in [0.15, 0.2) is 17.6 Å². The van der Waals surface area contributed by atoms with Gasteiger partial charge in [0.1, 0.15) is 5.82 Å². The predicted molar refractivity (Wildman–Crippen MR) is 80.9 cm³/mol. The molecule has 0 N–H and O–H groups in total. The lowest BCUT2D eigenvalue weighted by atomic mass is 10.1. The molecular weight excluding hydrogens is 266 g/mol. The second kappa shape index (κ2) is 4.93. The van der Waals surface area contributed by atoms with Crippen molar-refractivity contribution in [2.24, 2.45) is 0 Å². The first-order chi connectivity index (χ1) is 9.79. The summed E-state index contributed by atoms with van der Waals surface area (Å²) in [6.07, 6.45) is 5.70. The third-order valence-electron chi connectivity index (χ3n) is 4.31. The van der Waals surface area contributed by atoms with E-state index in [0.717, 1.165) is 31.9 Å². The minimum absolute atomic E-state index is 0.659. The summed E-state index contributed by atoms with van der Waals surface area (Å²) in [5, 5.41) is 2.19. The van der Waals surface area contributed by atoms with E-state index < -0.39 is 0 Å². The molecule has 2 aliphatic rings. The molecule has 2 aromatic heterocycles. The lowest BCUT2D eigenvalue weighted by Gasteiger charge is -2.27. The first-order valence-corrected chi connectivity index (χ1v) is 8.27. The van der Waals surface area contributed by atoms with Gasteiger partial charge in [-0.1, -0.05) is 0 Å². The van der Waals surface area contributed by atoms with E-state index in [9.17, 15) is 0 Å². The maximum Gasteiger partial charge on any atom is 0.131 e. The minimum Gasteiger partial charge on any atom is -0.293 e. The van der Waals surface area contributed by atoms with Crippen LogP contribution in [0.3, 0.4) is 0 Å². The van der Waals surface area contributed by atoms with Crippen molar-refractivity contribution < 1.29 is 0 Å². The Labute approximate surface area is 123 Å². The summed E-state index contributed by atoms with van der Waals surface area (Å²) in [7, 11) is 0. The quantitative estimate of drug-likeness (QED) is 0.866. The number of hydrogen-bond acceptors (Lipinski definition) is 4. The Bertz CT molecular complexity index is 630. The number of fused-ring (bicyclic) bond motifs is 1. The highest BCUT2D eigenvalue weighted by Crippen LogP contribution is 2.38. The smallest absolute Gasteiger partial charge is 0.131 e. The van der Waals surface area contributed by atoms with Crippen LogP contribution in [0, 0.1) is 6.92 Å². The molecule has 1 aliphatic heterocycles. The summed E-state index contributed by atoms with van der Waals surface area (Å²) in [5.41, 5.74) is 4.04. The highest BCUT2D eigenvalue weighted by atomic mass is 32.1. The first kappa shape index (κ1) is 12.5. The number of hydrogen-bond donors (Lipinski definition) is 0. The summed E-state index contributed by atoms with van der Waals surface area (Å²) in [6, 6.07) is 2.21. The van der Waals surface area contributed by atoms with Gasteiger partial charge < -0.3 is 0 Å². The highest BCUT2D eigenvalue weighted by molar-refractivity contribution is 7.10. The van der Waals surface area contributed by atoms with Gasteiger partial charge in [-0.15, -0.1) is 11.3 Å². The third kappa shape index (κ3) is 2.38. The Balaban J connectivity index is 1.50. The van der Waals surface area contributed by atoms with E-state index in [2.05, 4.69) is 34.5 Å². The molecule has 0 saturated heterocycles. The Morgan fingerprint density at radius 1 is 1.40 bits per heavy atom. The average molecular weight is 285 g/mol. The fourth-order valence-corrected chi connectivity index (χ4v) is 3.78. The number of thiophene rings is 1. The van der Waals surface area contributed by atoms with Gasteiger partial charge in [-0.3, -0.25) is 4.90 Å². The van der Waals surface area contributed by atoms with Crippen molar-refractivity contribution in [1.82, 2.24) is 14.9 Å². The van der Waals surface area contributed by atoms with E-state index in [4.69, 9.17) is 4.98 Å². The van der Waals surface area contributed by atoms with Crippen LogP contribution in [0.25, 0.3) is 0 Å². The normalized spacial score (nSPS) is 19.1. The van der Waals surface area contributed by atoms with Crippen LogP contribution in [-0.4, -0.2) is 21.4 Å². The SMILES string of the molecule is Cc1ccsc1CN1CCc2nc(C3CC3)ncc2C1. The Kier molecular flexibility index (Phi) is 3.08. The summed E-state index contributed by atoms with van der Waals surface area (Å²) in [5.74, 6) is 1.75. The first-order valence-electron chi connectivity index (χ1n) is 7.39. The topological polar surface area (TPSA) is 29.0 Å². The predicted octanol–water partition coefficient (Wildman–Crippen LogP) is 3.28. The molecule has 0 bridgehead atoms. The molecule has 2 aromatic rings. The second-order valence-electron chi connectivity index (χ2n) is 5.96. The Morgan fingerprint density at radius 2 is 2.30 bits per heavy atom. The van der Waals surface area contributed by atoms with Gasteiger partial charge in [-0.2, -0.15) is 0 Å². The van der Waals surface area contributed by atoms with Crippen molar-refractivity contribution in [2.75, 3.05) is 6.54 Å². The van der Waals surface area contributed by atoms with Crippen LogP contribution in [0.1, 0.15) is 46.3 Å². The van der Waals surface area contributed by atoms with Gasteiger partial charge in [0.2, 0.25) is 0 Å². The molecule has 0 amide bonds. The fraction of sp³-hybridized carbons (Fsp3) is 0.500. The molecule has 0 atom stereocenters. The lowest BCUT2D eigenvalue weighted by Crippen LogP contribution is -2.31. The standard InChI is InChI=1S/C16H19N3S/c1-11-5-7-20-15(11)10-19-6-4-14-13(9-19)8-17-16(18-14)12-2-3-12/h5,7-8,12H,2-4,6,9-10H2,1H3. The van der Waals surface area contributed by atoms with Gasteiger partial charge >= 0.3 is 0 Å². The van der Waals surface area contributed by atoms with Crippen molar-refractivity contribution in [3.63, 3.8) is 0 Å².